The van der Waals surface area contributed by atoms with Crippen LogP contribution in [0, 0.1) is 6.92 Å². The number of likely N-dealkylation sites (N-methyl/N-ethyl adjacent to an activating group) is 1. The summed E-state index contributed by atoms with van der Waals surface area (Å²) in [7, 11) is 0. The Balaban J connectivity index is 1.39. The average molecular weight is 407 g/mol. The maximum Gasteiger partial charge on any atom is 0.255 e. The molecule has 0 radical (unpaired) electrons. The molecule has 0 aliphatic carbocycles. The molecule has 0 unspecified atom stereocenters. The van der Waals surface area contributed by atoms with Crippen LogP contribution in [0.25, 0.3) is 0 Å². The maximum atomic E-state index is 12.9. The van der Waals surface area contributed by atoms with E-state index in [9.17, 15) is 4.79 Å². The van der Waals surface area contributed by atoms with E-state index in [0.717, 1.165) is 69.2 Å². The molecule has 2 aliphatic heterocycles. The van der Waals surface area contributed by atoms with Crippen molar-refractivity contribution in [2.75, 3.05) is 56.0 Å². The molecule has 2 heterocycles. The first-order valence-corrected chi connectivity index (χ1v) is 11.3. The fourth-order valence-corrected chi connectivity index (χ4v) is 4.51. The highest BCUT2D eigenvalue weighted by molar-refractivity contribution is 6.04. The molecule has 0 atom stereocenters. The molecule has 5 heteroatoms. The second-order valence-electron chi connectivity index (χ2n) is 8.56. The lowest BCUT2D eigenvalue weighted by Gasteiger charge is -2.35. The minimum absolute atomic E-state index is 0.0364. The number of carbonyl (C=O) groups is 1. The van der Waals surface area contributed by atoms with Gasteiger partial charge in [0.25, 0.3) is 5.91 Å². The van der Waals surface area contributed by atoms with Crippen molar-refractivity contribution in [3.63, 3.8) is 0 Å². The third kappa shape index (κ3) is 5.02. The Morgan fingerprint density at radius 2 is 1.70 bits per heavy atom. The number of nitrogens with zero attached hydrogens (tertiary/aromatic N) is 3. The number of hydrogen-bond donors (Lipinski definition) is 1. The van der Waals surface area contributed by atoms with Crippen LogP contribution in [0.5, 0.6) is 0 Å². The van der Waals surface area contributed by atoms with Crippen LogP contribution in [0.4, 0.5) is 11.4 Å². The average Bonchev–Trinajstić information content (AvgIpc) is 3.28. The summed E-state index contributed by atoms with van der Waals surface area (Å²) >= 11 is 0. The van der Waals surface area contributed by atoms with Gasteiger partial charge < -0.3 is 15.1 Å². The molecule has 0 saturated carbocycles. The van der Waals surface area contributed by atoms with Gasteiger partial charge in [0, 0.05) is 49.7 Å². The fourth-order valence-electron chi connectivity index (χ4n) is 4.51. The first-order valence-electron chi connectivity index (χ1n) is 11.3. The summed E-state index contributed by atoms with van der Waals surface area (Å²) in [6, 6.07) is 14.4. The zero-order valence-electron chi connectivity index (χ0n) is 18.4. The third-order valence-corrected chi connectivity index (χ3v) is 6.44. The van der Waals surface area contributed by atoms with E-state index >= 15 is 0 Å². The van der Waals surface area contributed by atoms with Crippen LogP contribution in [0.2, 0.25) is 0 Å². The quantitative estimate of drug-likeness (QED) is 0.787. The molecule has 2 aromatic rings. The highest BCUT2D eigenvalue weighted by Gasteiger charge is 2.17. The Kier molecular flexibility index (Phi) is 6.70. The number of nitrogens with one attached hydrogen (secondary N) is 1. The highest BCUT2D eigenvalue weighted by atomic mass is 16.1. The molecule has 2 saturated heterocycles. The lowest BCUT2D eigenvalue weighted by atomic mass is 10.1. The summed E-state index contributed by atoms with van der Waals surface area (Å²) in [4.78, 5) is 20.2. The van der Waals surface area contributed by atoms with E-state index in [1.807, 2.05) is 24.3 Å². The van der Waals surface area contributed by atoms with Crippen molar-refractivity contribution >= 4 is 17.3 Å². The smallest absolute Gasteiger partial charge is 0.255 e. The van der Waals surface area contributed by atoms with Gasteiger partial charge >= 0.3 is 0 Å². The number of carbonyl (C=O) groups excluding carboxylic acids is 1. The first kappa shape index (κ1) is 20.9. The first-order chi connectivity index (χ1) is 14.6. The van der Waals surface area contributed by atoms with Crippen LogP contribution in [0.15, 0.2) is 42.5 Å². The second kappa shape index (κ2) is 9.63. The van der Waals surface area contributed by atoms with Gasteiger partial charge in [0.15, 0.2) is 0 Å². The van der Waals surface area contributed by atoms with Crippen LogP contribution >= 0.6 is 0 Å². The maximum absolute atomic E-state index is 12.9. The van der Waals surface area contributed by atoms with Gasteiger partial charge in [-0.15, -0.1) is 0 Å². The lowest BCUT2D eigenvalue weighted by Crippen LogP contribution is -2.46. The van der Waals surface area contributed by atoms with E-state index in [-0.39, 0.29) is 5.91 Å². The summed E-state index contributed by atoms with van der Waals surface area (Å²) in [5.74, 6) is -0.0364. The number of piperazine rings is 1. The molecule has 2 aliphatic rings. The molecule has 2 fully saturated rings. The van der Waals surface area contributed by atoms with Gasteiger partial charge in [0.1, 0.15) is 0 Å². The van der Waals surface area contributed by atoms with Gasteiger partial charge in [-0.25, -0.2) is 0 Å². The molecule has 0 spiro atoms. The molecule has 160 valence electrons. The minimum Gasteiger partial charge on any atom is -0.369 e. The monoisotopic (exact) mass is 406 g/mol. The normalized spacial score (nSPS) is 18.0. The van der Waals surface area contributed by atoms with Gasteiger partial charge in [-0.2, -0.15) is 0 Å². The predicted molar refractivity (Wildman–Crippen MR) is 124 cm³/mol. The van der Waals surface area contributed by atoms with Crippen molar-refractivity contribution in [2.24, 2.45) is 0 Å². The Morgan fingerprint density at radius 1 is 0.933 bits per heavy atom. The van der Waals surface area contributed by atoms with Crippen molar-refractivity contribution < 1.29 is 4.79 Å². The van der Waals surface area contributed by atoms with E-state index in [2.05, 4.69) is 52.1 Å². The molecule has 2 aromatic carbocycles. The summed E-state index contributed by atoms with van der Waals surface area (Å²) in [5.41, 5.74) is 5.18. The molecule has 1 N–H and O–H groups in total. The van der Waals surface area contributed by atoms with Crippen molar-refractivity contribution in [3.8, 4) is 0 Å². The van der Waals surface area contributed by atoms with E-state index < -0.39 is 0 Å². The summed E-state index contributed by atoms with van der Waals surface area (Å²) in [6.45, 7) is 13.0. The number of amides is 1. The Bertz CT molecular complexity index is 867. The van der Waals surface area contributed by atoms with Crippen molar-refractivity contribution in [1.29, 1.82) is 0 Å². The third-order valence-electron chi connectivity index (χ3n) is 6.44. The van der Waals surface area contributed by atoms with Gasteiger partial charge in [-0.1, -0.05) is 19.1 Å². The number of likely N-dealkylation sites (tertiary alicyclic amines) is 1. The van der Waals surface area contributed by atoms with Crippen LogP contribution in [0.3, 0.4) is 0 Å². The molecular formula is C25H34N4O. The van der Waals surface area contributed by atoms with E-state index in [0.29, 0.717) is 0 Å². The van der Waals surface area contributed by atoms with Crippen molar-refractivity contribution in [1.82, 2.24) is 9.80 Å². The predicted octanol–water partition coefficient (Wildman–Crippen LogP) is 3.99. The number of anilines is 2. The van der Waals surface area contributed by atoms with E-state index in [1.165, 1.54) is 24.1 Å². The summed E-state index contributed by atoms with van der Waals surface area (Å²) in [6.07, 6.45) is 2.56. The zero-order chi connectivity index (χ0) is 20.9. The Morgan fingerprint density at radius 3 is 2.40 bits per heavy atom. The van der Waals surface area contributed by atoms with Gasteiger partial charge in [-0.3, -0.25) is 9.69 Å². The van der Waals surface area contributed by atoms with Crippen molar-refractivity contribution in [2.45, 2.75) is 33.2 Å². The highest BCUT2D eigenvalue weighted by Crippen LogP contribution is 2.24. The lowest BCUT2D eigenvalue weighted by molar-refractivity contribution is 0.102. The topological polar surface area (TPSA) is 38.8 Å². The summed E-state index contributed by atoms with van der Waals surface area (Å²) < 4.78 is 0. The van der Waals surface area contributed by atoms with Gasteiger partial charge in [-0.05, 0) is 80.9 Å². The Hall–Kier alpha value is -2.37. The van der Waals surface area contributed by atoms with Gasteiger partial charge in [0.05, 0.1) is 0 Å². The second-order valence-corrected chi connectivity index (χ2v) is 8.56. The standard InChI is InChI=1S/C25H34N4O/c1-3-27-13-15-29(16-14-27)23-9-10-24(20(2)17-23)26-25(30)22-8-6-7-21(18-22)19-28-11-4-5-12-28/h6-10,17-18H,3-5,11-16,19H2,1-2H3,(H,26,30). The van der Waals surface area contributed by atoms with Gasteiger partial charge in [0.2, 0.25) is 0 Å². The summed E-state index contributed by atoms with van der Waals surface area (Å²) in [5, 5.41) is 3.11. The van der Waals surface area contributed by atoms with Crippen molar-refractivity contribution in [3.05, 3.63) is 59.2 Å². The molecule has 1 amide bonds. The van der Waals surface area contributed by atoms with Crippen LogP contribution < -0.4 is 10.2 Å². The number of rotatable bonds is 6. The van der Waals surface area contributed by atoms with E-state index in [4.69, 9.17) is 0 Å². The molecule has 5 nitrogen and oxygen atoms in total. The SMILES string of the molecule is CCN1CCN(c2ccc(NC(=O)c3cccc(CN4CCCC4)c3)c(C)c2)CC1. The van der Waals surface area contributed by atoms with Crippen LogP contribution in [-0.4, -0.2) is 61.5 Å². The van der Waals surface area contributed by atoms with E-state index in [1.54, 1.807) is 0 Å². The van der Waals surface area contributed by atoms with Crippen LogP contribution in [-0.2, 0) is 6.54 Å². The Labute approximate surface area is 180 Å². The molecule has 4 rings (SSSR count). The molecule has 0 aromatic heterocycles. The number of hydrogen-bond acceptors (Lipinski definition) is 4. The minimum atomic E-state index is -0.0364. The number of aryl methyl sites for hydroxylation is 1. The molecule has 0 bridgehead atoms. The zero-order valence-corrected chi connectivity index (χ0v) is 18.4. The largest absolute Gasteiger partial charge is 0.369 e. The fraction of sp³-hybridized carbons (Fsp3) is 0.480. The number of benzene rings is 2. The van der Waals surface area contributed by atoms with Crippen LogP contribution in [0.1, 0.15) is 41.3 Å². The molecule has 30 heavy (non-hydrogen) atoms. The molecular weight excluding hydrogens is 372 g/mol.